The molecule has 0 aliphatic rings. The third kappa shape index (κ3) is 3.31. The molecule has 0 saturated heterocycles. The SMILES string of the molecule is Oc1cccc2c(/C=C/c3ccccc3)c(/C=C/c3ccccc3)[nH]c12. The molecule has 26 heavy (non-hydrogen) atoms. The number of fused-ring (bicyclic) bond motifs is 1. The van der Waals surface area contributed by atoms with Crippen LogP contribution in [0.5, 0.6) is 5.75 Å². The van der Waals surface area contributed by atoms with Gasteiger partial charge in [-0.25, -0.2) is 0 Å². The summed E-state index contributed by atoms with van der Waals surface area (Å²) in [4.78, 5) is 3.35. The van der Waals surface area contributed by atoms with E-state index in [-0.39, 0.29) is 5.75 Å². The Labute approximate surface area is 152 Å². The maximum absolute atomic E-state index is 10.2. The first kappa shape index (κ1) is 16.0. The Morgan fingerprint density at radius 1 is 0.615 bits per heavy atom. The first-order chi connectivity index (χ1) is 12.8. The van der Waals surface area contributed by atoms with Gasteiger partial charge in [-0.05, 0) is 23.3 Å². The van der Waals surface area contributed by atoms with Crippen molar-refractivity contribution in [1.29, 1.82) is 0 Å². The van der Waals surface area contributed by atoms with Gasteiger partial charge in [-0.3, -0.25) is 0 Å². The van der Waals surface area contributed by atoms with Gasteiger partial charge in [0.25, 0.3) is 0 Å². The van der Waals surface area contributed by atoms with Gasteiger partial charge in [0, 0.05) is 16.6 Å². The van der Waals surface area contributed by atoms with Gasteiger partial charge in [0.2, 0.25) is 0 Å². The fourth-order valence-electron chi connectivity index (χ4n) is 3.04. The van der Waals surface area contributed by atoms with E-state index in [9.17, 15) is 5.11 Å². The van der Waals surface area contributed by atoms with Crippen molar-refractivity contribution in [3.8, 4) is 5.75 Å². The minimum absolute atomic E-state index is 0.260. The monoisotopic (exact) mass is 337 g/mol. The molecule has 126 valence electrons. The molecule has 0 aliphatic carbocycles. The number of aromatic hydroxyl groups is 1. The second kappa shape index (κ2) is 7.16. The molecule has 1 aromatic heterocycles. The average Bonchev–Trinajstić information content (AvgIpc) is 3.05. The number of aromatic nitrogens is 1. The number of rotatable bonds is 4. The van der Waals surface area contributed by atoms with Crippen LogP contribution < -0.4 is 0 Å². The lowest BCUT2D eigenvalue weighted by Crippen LogP contribution is -1.77. The molecular weight excluding hydrogens is 318 g/mol. The summed E-state index contributed by atoms with van der Waals surface area (Å²) in [7, 11) is 0. The molecule has 0 bridgehead atoms. The fourth-order valence-corrected chi connectivity index (χ4v) is 3.04. The highest BCUT2D eigenvalue weighted by atomic mass is 16.3. The summed E-state index contributed by atoms with van der Waals surface area (Å²) in [6.07, 6.45) is 8.31. The van der Waals surface area contributed by atoms with Crippen LogP contribution in [0.4, 0.5) is 0 Å². The number of H-pyrrole nitrogens is 1. The third-order valence-corrected chi connectivity index (χ3v) is 4.37. The number of hydrogen-bond acceptors (Lipinski definition) is 1. The van der Waals surface area contributed by atoms with Crippen molar-refractivity contribution in [2.24, 2.45) is 0 Å². The van der Waals surface area contributed by atoms with E-state index in [0.29, 0.717) is 0 Å². The quantitative estimate of drug-likeness (QED) is 0.456. The number of benzene rings is 3. The molecule has 0 unspecified atom stereocenters. The molecule has 0 saturated carbocycles. The lowest BCUT2D eigenvalue weighted by molar-refractivity contribution is 0.480. The first-order valence-electron chi connectivity index (χ1n) is 8.61. The van der Waals surface area contributed by atoms with Gasteiger partial charge < -0.3 is 10.1 Å². The van der Waals surface area contributed by atoms with E-state index in [1.165, 1.54) is 0 Å². The van der Waals surface area contributed by atoms with Crippen LogP contribution in [0, 0.1) is 0 Å². The largest absolute Gasteiger partial charge is 0.506 e. The van der Waals surface area contributed by atoms with Crippen molar-refractivity contribution in [1.82, 2.24) is 4.98 Å². The van der Waals surface area contributed by atoms with E-state index in [4.69, 9.17) is 0 Å². The summed E-state index contributed by atoms with van der Waals surface area (Å²) in [5, 5.41) is 11.2. The highest BCUT2D eigenvalue weighted by Gasteiger charge is 2.09. The normalized spacial score (nSPS) is 11.7. The Hall–Kier alpha value is -3.52. The van der Waals surface area contributed by atoms with E-state index in [1.807, 2.05) is 48.5 Å². The zero-order valence-electron chi connectivity index (χ0n) is 14.3. The molecule has 4 aromatic rings. The summed E-state index contributed by atoms with van der Waals surface area (Å²) < 4.78 is 0. The minimum Gasteiger partial charge on any atom is -0.506 e. The molecule has 2 N–H and O–H groups in total. The number of hydrogen-bond donors (Lipinski definition) is 2. The van der Waals surface area contributed by atoms with E-state index >= 15 is 0 Å². The van der Waals surface area contributed by atoms with Crippen LogP contribution in [-0.4, -0.2) is 10.1 Å². The Kier molecular flexibility index (Phi) is 4.40. The summed E-state index contributed by atoms with van der Waals surface area (Å²) in [5.74, 6) is 0.260. The van der Waals surface area contributed by atoms with E-state index < -0.39 is 0 Å². The molecule has 2 heteroatoms. The van der Waals surface area contributed by atoms with Crippen molar-refractivity contribution in [3.63, 3.8) is 0 Å². The van der Waals surface area contributed by atoms with Crippen LogP contribution in [0.3, 0.4) is 0 Å². The van der Waals surface area contributed by atoms with Gasteiger partial charge in [-0.2, -0.15) is 0 Å². The van der Waals surface area contributed by atoms with Gasteiger partial charge in [-0.1, -0.05) is 91.0 Å². The summed E-state index contributed by atoms with van der Waals surface area (Å²) in [6.45, 7) is 0. The van der Waals surface area contributed by atoms with Crippen molar-refractivity contribution < 1.29 is 5.11 Å². The van der Waals surface area contributed by atoms with Gasteiger partial charge in [0.05, 0.1) is 5.52 Å². The summed E-state index contributed by atoms with van der Waals surface area (Å²) in [6, 6.07) is 26.0. The van der Waals surface area contributed by atoms with Crippen molar-refractivity contribution in [2.75, 3.05) is 0 Å². The average molecular weight is 337 g/mol. The Balaban J connectivity index is 1.80. The lowest BCUT2D eigenvalue weighted by atomic mass is 10.1. The Morgan fingerprint density at radius 2 is 1.23 bits per heavy atom. The van der Waals surface area contributed by atoms with E-state index in [2.05, 4.69) is 53.6 Å². The molecule has 0 fully saturated rings. The number of phenols is 1. The second-order valence-corrected chi connectivity index (χ2v) is 6.14. The molecule has 3 aromatic carbocycles. The van der Waals surface area contributed by atoms with Crippen LogP contribution in [0.15, 0.2) is 78.9 Å². The van der Waals surface area contributed by atoms with Crippen LogP contribution in [0.1, 0.15) is 22.4 Å². The second-order valence-electron chi connectivity index (χ2n) is 6.14. The van der Waals surface area contributed by atoms with E-state index in [0.717, 1.165) is 33.3 Å². The Bertz CT molecular complexity index is 1070. The zero-order chi connectivity index (χ0) is 17.8. The van der Waals surface area contributed by atoms with Crippen molar-refractivity contribution in [2.45, 2.75) is 0 Å². The summed E-state index contributed by atoms with van der Waals surface area (Å²) >= 11 is 0. The van der Waals surface area contributed by atoms with Crippen LogP contribution in [-0.2, 0) is 0 Å². The smallest absolute Gasteiger partial charge is 0.139 e. The van der Waals surface area contributed by atoms with Crippen LogP contribution in [0.2, 0.25) is 0 Å². The molecule has 4 rings (SSSR count). The van der Waals surface area contributed by atoms with Gasteiger partial charge in [-0.15, -0.1) is 0 Å². The van der Waals surface area contributed by atoms with Crippen molar-refractivity contribution >= 4 is 35.2 Å². The highest BCUT2D eigenvalue weighted by molar-refractivity contribution is 5.99. The number of aromatic amines is 1. The topological polar surface area (TPSA) is 36.0 Å². The maximum Gasteiger partial charge on any atom is 0.139 e. The molecule has 1 heterocycles. The van der Waals surface area contributed by atoms with Crippen LogP contribution in [0.25, 0.3) is 35.2 Å². The third-order valence-electron chi connectivity index (χ3n) is 4.37. The van der Waals surface area contributed by atoms with Gasteiger partial charge >= 0.3 is 0 Å². The molecule has 0 radical (unpaired) electrons. The number of phenolic OH excluding ortho intramolecular Hbond substituents is 1. The molecule has 2 nitrogen and oxygen atoms in total. The minimum atomic E-state index is 0.260. The summed E-state index contributed by atoms with van der Waals surface area (Å²) in [5.41, 5.74) is 5.06. The Morgan fingerprint density at radius 3 is 1.88 bits per heavy atom. The number of nitrogens with one attached hydrogen (secondary N) is 1. The zero-order valence-corrected chi connectivity index (χ0v) is 14.3. The standard InChI is InChI=1S/C24H19NO/c26-23-13-7-12-21-20(16-14-18-8-3-1-4-9-18)22(25-24(21)23)17-15-19-10-5-2-6-11-19/h1-17,25-26H/b16-14+,17-15+. The maximum atomic E-state index is 10.2. The number of para-hydroxylation sites is 1. The molecule has 0 aliphatic heterocycles. The molecular formula is C24H19NO. The molecule has 0 amide bonds. The lowest BCUT2D eigenvalue weighted by Gasteiger charge is -1.97. The first-order valence-corrected chi connectivity index (χ1v) is 8.61. The predicted molar refractivity (Wildman–Crippen MR) is 111 cm³/mol. The predicted octanol–water partition coefficient (Wildman–Crippen LogP) is 6.21. The highest BCUT2D eigenvalue weighted by Crippen LogP contribution is 2.31. The van der Waals surface area contributed by atoms with Gasteiger partial charge in [0.15, 0.2) is 0 Å². The molecule has 0 spiro atoms. The van der Waals surface area contributed by atoms with Gasteiger partial charge in [0.1, 0.15) is 5.75 Å². The van der Waals surface area contributed by atoms with Crippen LogP contribution >= 0.6 is 0 Å². The van der Waals surface area contributed by atoms with E-state index in [1.54, 1.807) is 6.07 Å². The van der Waals surface area contributed by atoms with Crippen molar-refractivity contribution in [3.05, 3.63) is 101 Å². The fraction of sp³-hybridized carbons (Fsp3) is 0. The molecule has 0 atom stereocenters.